The van der Waals surface area contributed by atoms with E-state index >= 15 is 0 Å². The molecule has 27 heavy (non-hydrogen) atoms. The lowest BCUT2D eigenvalue weighted by Gasteiger charge is -2.06. The second kappa shape index (κ2) is 10.1. The third-order valence-corrected chi connectivity index (χ3v) is 5.50. The van der Waals surface area contributed by atoms with E-state index in [4.69, 9.17) is 16.3 Å². The molecule has 2 aromatic carbocycles. The molecule has 0 bridgehead atoms. The second-order valence-electron chi connectivity index (χ2n) is 5.26. The standard InChI is InChI=1S/C19H16ClN3O2S2/c20-15-10-4-5-11-16(15)25-13-17(24)21-18-22-23-19(27-18)26-12-6-9-14-7-2-1-3-8-14/h1-11H,12-13H2,(H,21,22,24)/b9-6+. The summed E-state index contributed by atoms with van der Waals surface area (Å²) in [6.45, 7) is -0.147. The number of nitrogens with one attached hydrogen (secondary N) is 1. The fourth-order valence-electron chi connectivity index (χ4n) is 2.05. The van der Waals surface area contributed by atoms with Crippen LogP contribution < -0.4 is 10.1 Å². The number of para-hydroxylation sites is 1. The van der Waals surface area contributed by atoms with Gasteiger partial charge in [0.15, 0.2) is 10.9 Å². The third-order valence-electron chi connectivity index (χ3n) is 3.26. The van der Waals surface area contributed by atoms with Crippen LogP contribution >= 0.6 is 34.7 Å². The predicted octanol–water partition coefficient (Wildman–Crippen LogP) is 5.01. The van der Waals surface area contributed by atoms with Gasteiger partial charge in [0.1, 0.15) is 5.75 Å². The molecule has 0 aliphatic rings. The molecular formula is C19H16ClN3O2S2. The Balaban J connectivity index is 1.43. The fraction of sp³-hybridized carbons (Fsp3) is 0.105. The number of hydrogen-bond donors (Lipinski definition) is 1. The summed E-state index contributed by atoms with van der Waals surface area (Å²) >= 11 is 8.87. The largest absolute Gasteiger partial charge is 0.482 e. The van der Waals surface area contributed by atoms with Crippen LogP contribution in [0.5, 0.6) is 5.75 Å². The summed E-state index contributed by atoms with van der Waals surface area (Å²) < 4.78 is 6.18. The molecule has 0 atom stereocenters. The van der Waals surface area contributed by atoms with Crippen molar-refractivity contribution in [3.63, 3.8) is 0 Å². The molecule has 1 aromatic heterocycles. The summed E-state index contributed by atoms with van der Waals surface area (Å²) in [6.07, 6.45) is 4.12. The van der Waals surface area contributed by atoms with Crippen molar-refractivity contribution in [1.29, 1.82) is 0 Å². The van der Waals surface area contributed by atoms with Gasteiger partial charge in [-0.15, -0.1) is 10.2 Å². The summed E-state index contributed by atoms with van der Waals surface area (Å²) in [5, 5.41) is 11.6. The zero-order chi connectivity index (χ0) is 18.9. The molecule has 3 rings (SSSR count). The quantitative estimate of drug-likeness (QED) is 0.412. The molecule has 0 aliphatic carbocycles. The predicted molar refractivity (Wildman–Crippen MR) is 112 cm³/mol. The summed E-state index contributed by atoms with van der Waals surface area (Å²) in [4.78, 5) is 12.0. The molecule has 5 nitrogen and oxygen atoms in total. The zero-order valence-electron chi connectivity index (χ0n) is 14.2. The molecule has 0 aliphatic heterocycles. The summed E-state index contributed by atoms with van der Waals surface area (Å²) in [5.41, 5.74) is 1.15. The number of carbonyl (C=O) groups excluding carboxylic acids is 1. The number of rotatable bonds is 8. The van der Waals surface area contributed by atoms with Crippen molar-refractivity contribution in [3.8, 4) is 5.75 Å². The van der Waals surface area contributed by atoms with Crippen LogP contribution in [-0.2, 0) is 4.79 Å². The Kier molecular flexibility index (Phi) is 7.27. The Bertz CT molecular complexity index is 916. The molecule has 3 aromatic rings. The first-order valence-electron chi connectivity index (χ1n) is 8.06. The Hall–Kier alpha value is -2.35. The first kappa shape index (κ1) is 19.4. The van der Waals surface area contributed by atoms with E-state index in [2.05, 4.69) is 27.7 Å². The van der Waals surface area contributed by atoms with Gasteiger partial charge in [-0.2, -0.15) is 0 Å². The maximum absolute atomic E-state index is 12.0. The highest BCUT2D eigenvalue weighted by Gasteiger charge is 2.10. The molecule has 8 heteroatoms. The van der Waals surface area contributed by atoms with Crippen LogP contribution in [0.15, 0.2) is 65.0 Å². The number of nitrogens with zero attached hydrogens (tertiary/aromatic N) is 2. The van der Waals surface area contributed by atoms with Crippen molar-refractivity contribution in [1.82, 2.24) is 10.2 Å². The van der Waals surface area contributed by atoms with E-state index in [0.29, 0.717) is 15.9 Å². The molecule has 1 N–H and O–H groups in total. The lowest BCUT2D eigenvalue weighted by molar-refractivity contribution is -0.118. The number of halogens is 1. The van der Waals surface area contributed by atoms with Crippen LogP contribution in [0.25, 0.3) is 6.08 Å². The molecular weight excluding hydrogens is 402 g/mol. The minimum Gasteiger partial charge on any atom is -0.482 e. The maximum Gasteiger partial charge on any atom is 0.264 e. The second-order valence-corrected chi connectivity index (χ2v) is 7.92. The van der Waals surface area contributed by atoms with Gasteiger partial charge < -0.3 is 4.74 Å². The number of ether oxygens (including phenoxy) is 1. The third kappa shape index (κ3) is 6.39. The molecule has 0 fully saturated rings. The molecule has 0 spiro atoms. The zero-order valence-corrected chi connectivity index (χ0v) is 16.6. The summed E-state index contributed by atoms with van der Waals surface area (Å²) in [5.74, 6) is 0.923. The SMILES string of the molecule is O=C(COc1ccccc1Cl)Nc1nnc(SC/C=C/c2ccccc2)s1. The van der Waals surface area contributed by atoms with Crippen LogP contribution in [0, 0.1) is 0 Å². The highest BCUT2D eigenvalue weighted by Crippen LogP contribution is 2.26. The van der Waals surface area contributed by atoms with Crippen molar-refractivity contribution < 1.29 is 9.53 Å². The van der Waals surface area contributed by atoms with Crippen LogP contribution in [-0.4, -0.2) is 28.5 Å². The maximum atomic E-state index is 12.0. The first-order valence-corrected chi connectivity index (χ1v) is 10.2. The van der Waals surface area contributed by atoms with Crippen molar-refractivity contribution in [2.75, 3.05) is 17.7 Å². The minimum absolute atomic E-state index is 0.147. The Morgan fingerprint density at radius 3 is 2.74 bits per heavy atom. The Morgan fingerprint density at radius 2 is 1.93 bits per heavy atom. The number of anilines is 1. The molecule has 0 saturated carbocycles. The van der Waals surface area contributed by atoms with Gasteiger partial charge in [-0.25, -0.2) is 0 Å². The fourth-order valence-corrected chi connectivity index (χ4v) is 3.84. The summed E-state index contributed by atoms with van der Waals surface area (Å²) in [7, 11) is 0. The van der Waals surface area contributed by atoms with Crippen LogP contribution in [0.2, 0.25) is 5.02 Å². The number of carbonyl (C=O) groups is 1. The molecule has 0 saturated heterocycles. The molecule has 0 unspecified atom stereocenters. The van der Waals surface area contributed by atoms with Gasteiger partial charge in [-0.3, -0.25) is 10.1 Å². The average molecular weight is 418 g/mol. The van der Waals surface area contributed by atoms with E-state index in [1.807, 2.05) is 30.3 Å². The Morgan fingerprint density at radius 1 is 1.15 bits per heavy atom. The average Bonchev–Trinajstić information content (AvgIpc) is 3.12. The van der Waals surface area contributed by atoms with E-state index in [-0.39, 0.29) is 12.5 Å². The van der Waals surface area contributed by atoms with Crippen molar-refractivity contribution >= 4 is 51.8 Å². The van der Waals surface area contributed by atoms with Gasteiger partial charge in [0.25, 0.3) is 5.91 Å². The van der Waals surface area contributed by atoms with E-state index in [0.717, 1.165) is 15.7 Å². The highest BCUT2D eigenvalue weighted by molar-refractivity contribution is 8.01. The van der Waals surface area contributed by atoms with Crippen molar-refractivity contribution in [3.05, 3.63) is 71.3 Å². The number of thioether (sulfide) groups is 1. The smallest absolute Gasteiger partial charge is 0.264 e. The van der Waals surface area contributed by atoms with E-state index in [1.165, 1.54) is 11.3 Å². The number of benzene rings is 2. The summed E-state index contributed by atoms with van der Waals surface area (Å²) in [6, 6.07) is 17.1. The molecule has 1 heterocycles. The van der Waals surface area contributed by atoms with E-state index < -0.39 is 0 Å². The Labute approximate surface area is 170 Å². The van der Waals surface area contributed by atoms with Crippen LogP contribution in [0.1, 0.15) is 5.56 Å². The highest BCUT2D eigenvalue weighted by atomic mass is 35.5. The monoisotopic (exact) mass is 417 g/mol. The number of aromatic nitrogens is 2. The minimum atomic E-state index is -0.313. The normalized spacial score (nSPS) is 10.9. The lowest BCUT2D eigenvalue weighted by atomic mass is 10.2. The van der Waals surface area contributed by atoms with Gasteiger partial charge in [0, 0.05) is 5.75 Å². The van der Waals surface area contributed by atoms with Gasteiger partial charge >= 0.3 is 0 Å². The van der Waals surface area contributed by atoms with E-state index in [9.17, 15) is 4.79 Å². The van der Waals surface area contributed by atoms with Crippen LogP contribution in [0.3, 0.4) is 0 Å². The van der Waals surface area contributed by atoms with Crippen LogP contribution in [0.4, 0.5) is 5.13 Å². The number of hydrogen-bond acceptors (Lipinski definition) is 6. The topological polar surface area (TPSA) is 64.1 Å². The molecule has 1 amide bonds. The van der Waals surface area contributed by atoms with Gasteiger partial charge in [-0.05, 0) is 17.7 Å². The van der Waals surface area contributed by atoms with E-state index in [1.54, 1.807) is 36.0 Å². The van der Waals surface area contributed by atoms with Gasteiger partial charge in [0.2, 0.25) is 5.13 Å². The van der Waals surface area contributed by atoms with Gasteiger partial charge in [-0.1, -0.05) is 89.3 Å². The number of amides is 1. The van der Waals surface area contributed by atoms with Crippen molar-refractivity contribution in [2.45, 2.75) is 4.34 Å². The molecule has 138 valence electrons. The molecule has 0 radical (unpaired) electrons. The first-order chi connectivity index (χ1) is 13.2. The lowest BCUT2D eigenvalue weighted by Crippen LogP contribution is -2.20. The van der Waals surface area contributed by atoms with Crippen molar-refractivity contribution in [2.24, 2.45) is 0 Å². The van der Waals surface area contributed by atoms with Gasteiger partial charge in [0.05, 0.1) is 5.02 Å².